The summed E-state index contributed by atoms with van der Waals surface area (Å²) in [6, 6.07) is 0.271. The summed E-state index contributed by atoms with van der Waals surface area (Å²) in [7, 11) is 0. The minimum absolute atomic E-state index is 0.0188. The number of aliphatic hydroxyl groups is 1. The number of aliphatic hydroxyl groups excluding tert-OH is 1. The van der Waals surface area contributed by atoms with Gasteiger partial charge in [-0.25, -0.2) is 0 Å². The third-order valence-corrected chi connectivity index (χ3v) is 2.75. The van der Waals surface area contributed by atoms with Crippen LogP contribution in [0, 0.1) is 0 Å². The lowest BCUT2D eigenvalue weighted by Gasteiger charge is -2.28. The maximum Gasteiger partial charge on any atom is 0.234 e. The number of amides is 1. The fraction of sp³-hybridized carbons (Fsp3) is 0.909. The van der Waals surface area contributed by atoms with E-state index in [4.69, 9.17) is 0 Å². The smallest absolute Gasteiger partial charge is 0.234 e. The Bertz CT molecular complexity index is 207. The van der Waals surface area contributed by atoms with Crippen LogP contribution in [0.1, 0.15) is 39.5 Å². The van der Waals surface area contributed by atoms with Crippen LogP contribution in [-0.2, 0) is 4.79 Å². The summed E-state index contributed by atoms with van der Waals surface area (Å²) >= 11 is 0. The van der Waals surface area contributed by atoms with Gasteiger partial charge in [0, 0.05) is 6.04 Å². The van der Waals surface area contributed by atoms with E-state index in [0.29, 0.717) is 12.6 Å². The third-order valence-electron chi connectivity index (χ3n) is 2.75. The van der Waals surface area contributed by atoms with Gasteiger partial charge in [0.15, 0.2) is 0 Å². The standard InChI is InChI=1S/C11H22N2O2/c1-8(2)12-7-11(15)13-9-5-3-4-6-10(9)14/h8-10,12,14H,3-7H2,1-2H3,(H,13,15). The molecule has 0 aliphatic heterocycles. The molecule has 1 fully saturated rings. The highest BCUT2D eigenvalue weighted by Gasteiger charge is 2.24. The Kier molecular flexibility index (Phi) is 5.05. The summed E-state index contributed by atoms with van der Waals surface area (Å²) in [5.74, 6) is -0.0188. The van der Waals surface area contributed by atoms with E-state index >= 15 is 0 Å². The van der Waals surface area contributed by atoms with E-state index in [0.717, 1.165) is 25.7 Å². The van der Waals surface area contributed by atoms with E-state index in [9.17, 15) is 9.90 Å². The van der Waals surface area contributed by atoms with Crippen molar-refractivity contribution in [1.82, 2.24) is 10.6 Å². The molecule has 3 N–H and O–H groups in total. The molecule has 1 saturated carbocycles. The van der Waals surface area contributed by atoms with Crippen LogP contribution in [0.2, 0.25) is 0 Å². The maximum absolute atomic E-state index is 11.5. The van der Waals surface area contributed by atoms with E-state index in [1.165, 1.54) is 0 Å². The number of carbonyl (C=O) groups is 1. The molecule has 0 aromatic rings. The largest absolute Gasteiger partial charge is 0.391 e. The van der Waals surface area contributed by atoms with Crippen molar-refractivity contribution in [1.29, 1.82) is 0 Å². The summed E-state index contributed by atoms with van der Waals surface area (Å²) in [5, 5.41) is 15.6. The summed E-state index contributed by atoms with van der Waals surface area (Å²) in [6.45, 7) is 4.34. The monoisotopic (exact) mass is 214 g/mol. The lowest BCUT2D eigenvalue weighted by molar-refractivity contribution is -0.122. The zero-order valence-corrected chi connectivity index (χ0v) is 9.62. The van der Waals surface area contributed by atoms with Gasteiger partial charge in [0.2, 0.25) is 5.91 Å². The van der Waals surface area contributed by atoms with Gasteiger partial charge in [0.05, 0.1) is 18.7 Å². The van der Waals surface area contributed by atoms with Crippen LogP contribution in [0.4, 0.5) is 0 Å². The zero-order chi connectivity index (χ0) is 11.3. The number of hydrogen-bond acceptors (Lipinski definition) is 3. The first-order valence-corrected chi connectivity index (χ1v) is 5.80. The van der Waals surface area contributed by atoms with Crippen LogP contribution in [0.5, 0.6) is 0 Å². The van der Waals surface area contributed by atoms with Crippen molar-refractivity contribution in [2.45, 2.75) is 57.7 Å². The molecule has 1 aliphatic carbocycles. The first kappa shape index (κ1) is 12.5. The molecule has 0 spiro atoms. The van der Waals surface area contributed by atoms with E-state index in [-0.39, 0.29) is 18.1 Å². The number of rotatable bonds is 4. The molecule has 88 valence electrons. The van der Waals surface area contributed by atoms with Crippen molar-refractivity contribution in [3.05, 3.63) is 0 Å². The highest BCUT2D eigenvalue weighted by molar-refractivity contribution is 5.78. The second-order valence-corrected chi connectivity index (χ2v) is 4.56. The molecule has 0 bridgehead atoms. The molecule has 0 aromatic carbocycles. The van der Waals surface area contributed by atoms with Gasteiger partial charge in [0.25, 0.3) is 0 Å². The highest BCUT2D eigenvalue weighted by atomic mass is 16.3. The molecule has 0 radical (unpaired) electrons. The predicted octanol–water partition coefficient (Wildman–Crippen LogP) is 0.404. The van der Waals surface area contributed by atoms with Crippen LogP contribution >= 0.6 is 0 Å². The topological polar surface area (TPSA) is 61.4 Å². The van der Waals surface area contributed by atoms with Crippen LogP contribution < -0.4 is 10.6 Å². The Morgan fingerprint density at radius 1 is 1.40 bits per heavy atom. The van der Waals surface area contributed by atoms with E-state index in [1.54, 1.807) is 0 Å². The number of carbonyl (C=O) groups excluding carboxylic acids is 1. The van der Waals surface area contributed by atoms with Gasteiger partial charge in [-0.2, -0.15) is 0 Å². The Balaban J connectivity index is 2.24. The first-order chi connectivity index (χ1) is 7.09. The molecule has 0 heterocycles. The molecular weight excluding hydrogens is 192 g/mol. The second kappa shape index (κ2) is 6.08. The fourth-order valence-electron chi connectivity index (χ4n) is 1.83. The van der Waals surface area contributed by atoms with Crippen molar-refractivity contribution in [2.24, 2.45) is 0 Å². The Morgan fingerprint density at radius 2 is 2.07 bits per heavy atom. The first-order valence-electron chi connectivity index (χ1n) is 5.80. The molecule has 1 rings (SSSR count). The molecule has 0 saturated heterocycles. The average Bonchev–Trinajstić information content (AvgIpc) is 2.18. The normalized spacial score (nSPS) is 26.7. The quantitative estimate of drug-likeness (QED) is 0.635. The van der Waals surface area contributed by atoms with Crippen LogP contribution in [-0.4, -0.2) is 35.7 Å². The van der Waals surface area contributed by atoms with Crippen molar-refractivity contribution < 1.29 is 9.90 Å². The van der Waals surface area contributed by atoms with Gasteiger partial charge in [-0.1, -0.05) is 26.7 Å². The number of hydrogen-bond donors (Lipinski definition) is 3. The minimum Gasteiger partial charge on any atom is -0.391 e. The van der Waals surface area contributed by atoms with Gasteiger partial charge in [-0.15, -0.1) is 0 Å². The Hall–Kier alpha value is -0.610. The van der Waals surface area contributed by atoms with Crippen molar-refractivity contribution in [3.8, 4) is 0 Å². The summed E-state index contributed by atoms with van der Waals surface area (Å²) in [4.78, 5) is 11.5. The van der Waals surface area contributed by atoms with Crippen molar-refractivity contribution >= 4 is 5.91 Å². The van der Waals surface area contributed by atoms with Crippen LogP contribution in [0.3, 0.4) is 0 Å². The Labute approximate surface area is 91.4 Å². The molecule has 1 amide bonds. The average molecular weight is 214 g/mol. The predicted molar refractivity (Wildman–Crippen MR) is 59.5 cm³/mol. The van der Waals surface area contributed by atoms with Crippen molar-refractivity contribution in [2.75, 3.05) is 6.54 Å². The third kappa shape index (κ3) is 4.62. The molecule has 15 heavy (non-hydrogen) atoms. The molecule has 4 nitrogen and oxygen atoms in total. The van der Waals surface area contributed by atoms with Gasteiger partial charge in [0.1, 0.15) is 0 Å². The van der Waals surface area contributed by atoms with E-state index in [2.05, 4.69) is 10.6 Å². The lowest BCUT2D eigenvalue weighted by Crippen LogP contribution is -2.48. The van der Waals surface area contributed by atoms with E-state index < -0.39 is 0 Å². The molecule has 2 unspecified atom stereocenters. The summed E-state index contributed by atoms with van der Waals surface area (Å²) in [5.41, 5.74) is 0. The van der Waals surface area contributed by atoms with Gasteiger partial charge < -0.3 is 15.7 Å². The summed E-state index contributed by atoms with van der Waals surface area (Å²) in [6.07, 6.45) is 3.51. The zero-order valence-electron chi connectivity index (χ0n) is 9.62. The molecule has 0 aromatic heterocycles. The Morgan fingerprint density at radius 3 is 2.67 bits per heavy atom. The van der Waals surface area contributed by atoms with Crippen LogP contribution in [0.25, 0.3) is 0 Å². The second-order valence-electron chi connectivity index (χ2n) is 4.56. The van der Waals surface area contributed by atoms with Gasteiger partial charge in [-0.3, -0.25) is 4.79 Å². The minimum atomic E-state index is -0.359. The summed E-state index contributed by atoms with van der Waals surface area (Å²) < 4.78 is 0. The van der Waals surface area contributed by atoms with Crippen molar-refractivity contribution in [3.63, 3.8) is 0 Å². The molecular formula is C11H22N2O2. The molecule has 1 aliphatic rings. The number of nitrogens with one attached hydrogen (secondary N) is 2. The molecule has 4 heteroatoms. The highest BCUT2D eigenvalue weighted by Crippen LogP contribution is 2.17. The van der Waals surface area contributed by atoms with E-state index in [1.807, 2.05) is 13.8 Å². The van der Waals surface area contributed by atoms with Gasteiger partial charge in [-0.05, 0) is 12.8 Å². The molecule has 2 atom stereocenters. The van der Waals surface area contributed by atoms with Gasteiger partial charge >= 0.3 is 0 Å². The fourth-order valence-corrected chi connectivity index (χ4v) is 1.83. The maximum atomic E-state index is 11.5. The van der Waals surface area contributed by atoms with Crippen LogP contribution in [0.15, 0.2) is 0 Å². The SMILES string of the molecule is CC(C)NCC(=O)NC1CCCCC1O. The lowest BCUT2D eigenvalue weighted by atomic mass is 9.92.